The first-order valence-electron chi connectivity index (χ1n) is 7.55. The number of carbonyl (C=O) groups excluding carboxylic acids is 2. The van der Waals surface area contributed by atoms with Gasteiger partial charge in [0.2, 0.25) is 5.91 Å². The maximum absolute atomic E-state index is 12.6. The van der Waals surface area contributed by atoms with Crippen molar-refractivity contribution in [2.45, 2.75) is 19.0 Å². The summed E-state index contributed by atoms with van der Waals surface area (Å²) in [5.74, 6) is -0.767. The fourth-order valence-corrected chi connectivity index (χ4v) is 2.61. The largest absolute Gasteiger partial charge is 0.433 e. The van der Waals surface area contributed by atoms with Crippen molar-refractivity contribution in [1.82, 2.24) is 15.2 Å². The molecule has 0 spiro atoms. The van der Waals surface area contributed by atoms with Gasteiger partial charge >= 0.3 is 6.18 Å². The number of nitrogens with zero attached hydrogens (tertiary/aromatic N) is 2. The molecule has 1 unspecified atom stereocenters. The highest BCUT2D eigenvalue weighted by atomic mass is 19.4. The Morgan fingerprint density at radius 2 is 2.17 bits per heavy atom. The smallest absolute Gasteiger partial charge is 0.350 e. The van der Waals surface area contributed by atoms with E-state index in [-0.39, 0.29) is 24.1 Å². The highest BCUT2D eigenvalue weighted by Gasteiger charge is 2.33. The van der Waals surface area contributed by atoms with Crippen molar-refractivity contribution in [3.8, 4) is 0 Å². The maximum Gasteiger partial charge on any atom is 0.433 e. The Balaban J connectivity index is 1.93. The molecule has 0 aliphatic carbocycles. The number of pyridine rings is 1. The average Bonchev–Trinajstić information content (AvgIpc) is 2.58. The number of carbonyl (C=O) groups is 2. The van der Waals surface area contributed by atoms with E-state index in [1.807, 2.05) is 0 Å². The number of halogens is 3. The molecule has 1 aromatic rings. The van der Waals surface area contributed by atoms with E-state index in [0.717, 1.165) is 25.0 Å². The Labute approximate surface area is 137 Å². The summed E-state index contributed by atoms with van der Waals surface area (Å²) in [6.45, 7) is 4.85. The maximum atomic E-state index is 12.6. The Morgan fingerprint density at radius 1 is 1.42 bits per heavy atom. The normalized spacial score (nSPS) is 18.1. The van der Waals surface area contributed by atoms with E-state index in [9.17, 15) is 22.8 Å². The minimum atomic E-state index is -4.59. The highest BCUT2D eigenvalue weighted by Crippen LogP contribution is 2.27. The fourth-order valence-electron chi connectivity index (χ4n) is 2.61. The van der Waals surface area contributed by atoms with Crippen LogP contribution in [0.1, 0.15) is 29.0 Å². The van der Waals surface area contributed by atoms with E-state index in [4.69, 9.17) is 0 Å². The zero-order valence-corrected chi connectivity index (χ0v) is 13.0. The lowest BCUT2D eigenvalue weighted by Crippen LogP contribution is -2.43. The zero-order valence-electron chi connectivity index (χ0n) is 13.0. The van der Waals surface area contributed by atoms with Crippen LogP contribution in [-0.2, 0) is 11.0 Å². The summed E-state index contributed by atoms with van der Waals surface area (Å²) >= 11 is 0. The van der Waals surface area contributed by atoms with Gasteiger partial charge in [-0.2, -0.15) is 13.2 Å². The zero-order chi connectivity index (χ0) is 17.7. The van der Waals surface area contributed by atoms with Crippen LogP contribution in [0.5, 0.6) is 0 Å². The van der Waals surface area contributed by atoms with E-state index in [0.29, 0.717) is 13.1 Å². The fraction of sp³-hybridized carbons (Fsp3) is 0.438. The predicted molar refractivity (Wildman–Crippen MR) is 81.1 cm³/mol. The molecule has 0 saturated carbocycles. The topological polar surface area (TPSA) is 62.3 Å². The molecule has 1 N–H and O–H groups in total. The summed E-state index contributed by atoms with van der Waals surface area (Å²) in [6.07, 6.45) is -1.71. The van der Waals surface area contributed by atoms with Crippen molar-refractivity contribution in [2.24, 2.45) is 5.92 Å². The van der Waals surface area contributed by atoms with E-state index in [1.54, 1.807) is 4.90 Å². The van der Waals surface area contributed by atoms with Gasteiger partial charge in [-0.25, -0.2) is 4.98 Å². The van der Waals surface area contributed by atoms with Crippen LogP contribution in [0.15, 0.2) is 30.9 Å². The number of likely N-dealkylation sites (tertiary alicyclic amines) is 1. The van der Waals surface area contributed by atoms with Gasteiger partial charge in [-0.15, -0.1) is 0 Å². The van der Waals surface area contributed by atoms with Crippen LogP contribution in [0, 0.1) is 5.92 Å². The number of amides is 2. The third kappa shape index (κ3) is 4.56. The second-order valence-electron chi connectivity index (χ2n) is 5.61. The van der Waals surface area contributed by atoms with Crippen LogP contribution in [0.25, 0.3) is 0 Å². The van der Waals surface area contributed by atoms with Crippen LogP contribution in [0.4, 0.5) is 13.2 Å². The average molecular weight is 341 g/mol. The molecule has 2 rings (SSSR count). The molecule has 24 heavy (non-hydrogen) atoms. The Hall–Kier alpha value is -2.38. The van der Waals surface area contributed by atoms with Gasteiger partial charge in [0.15, 0.2) is 0 Å². The van der Waals surface area contributed by atoms with Gasteiger partial charge in [0.05, 0.1) is 0 Å². The minimum Gasteiger partial charge on any atom is -0.350 e. The first-order chi connectivity index (χ1) is 11.3. The molecular weight excluding hydrogens is 323 g/mol. The molecule has 2 amide bonds. The van der Waals surface area contributed by atoms with Crippen LogP contribution in [-0.4, -0.2) is 41.3 Å². The van der Waals surface area contributed by atoms with E-state index in [2.05, 4.69) is 16.9 Å². The molecule has 0 radical (unpaired) electrons. The SMILES string of the molecule is C=CC(=O)N1CCCC(CNC(=O)c2cccc(C(F)(F)F)n2)C1. The third-order valence-electron chi connectivity index (χ3n) is 3.83. The number of hydrogen-bond donors (Lipinski definition) is 1. The Kier molecular flexibility index (Phi) is 5.58. The lowest BCUT2D eigenvalue weighted by atomic mass is 9.98. The summed E-state index contributed by atoms with van der Waals surface area (Å²) in [5.41, 5.74) is -1.38. The summed E-state index contributed by atoms with van der Waals surface area (Å²) in [7, 11) is 0. The molecule has 1 saturated heterocycles. The van der Waals surface area contributed by atoms with E-state index >= 15 is 0 Å². The van der Waals surface area contributed by atoms with Gasteiger partial charge in [0.25, 0.3) is 5.91 Å². The van der Waals surface area contributed by atoms with E-state index < -0.39 is 17.8 Å². The van der Waals surface area contributed by atoms with Crippen molar-refractivity contribution < 1.29 is 22.8 Å². The quantitative estimate of drug-likeness (QED) is 0.855. The second-order valence-corrected chi connectivity index (χ2v) is 5.61. The number of nitrogens with one attached hydrogen (secondary N) is 1. The Morgan fingerprint density at radius 3 is 2.83 bits per heavy atom. The molecule has 1 aliphatic rings. The Bertz CT molecular complexity index is 631. The van der Waals surface area contributed by atoms with Crippen LogP contribution in [0.3, 0.4) is 0 Å². The van der Waals surface area contributed by atoms with Gasteiger partial charge in [0.1, 0.15) is 11.4 Å². The van der Waals surface area contributed by atoms with Gasteiger partial charge in [-0.05, 0) is 37.0 Å². The molecule has 1 aromatic heterocycles. The number of aromatic nitrogens is 1. The molecule has 130 valence electrons. The lowest BCUT2D eigenvalue weighted by molar-refractivity contribution is -0.141. The number of piperidine rings is 1. The summed E-state index contributed by atoms with van der Waals surface area (Å²) in [4.78, 5) is 28.6. The highest BCUT2D eigenvalue weighted by molar-refractivity contribution is 5.92. The molecule has 0 bridgehead atoms. The lowest BCUT2D eigenvalue weighted by Gasteiger charge is -2.32. The first kappa shape index (κ1) is 18.0. The summed E-state index contributed by atoms with van der Waals surface area (Å²) in [6, 6.07) is 3.20. The van der Waals surface area contributed by atoms with Crippen LogP contribution >= 0.6 is 0 Å². The van der Waals surface area contributed by atoms with Crippen LogP contribution in [0.2, 0.25) is 0 Å². The standard InChI is InChI=1S/C16H18F3N3O2/c1-2-14(23)22-8-4-5-11(10-22)9-20-15(24)12-6-3-7-13(21-12)16(17,18)19/h2-3,6-7,11H,1,4-5,8-10H2,(H,20,24). The predicted octanol–water partition coefficient (Wildman–Crippen LogP) is 2.25. The van der Waals surface area contributed by atoms with Gasteiger partial charge in [-0.1, -0.05) is 12.6 Å². The van der Waals surface area contributed by atoms with Crippen molar-refractivity contribution >= 4 is 11.8 Å². The summed E-state index contributed by atoms with van der Waals surface area (Å²) in [5, 5.41) is 2.59. The van der Waals surface area contributed by atoms with Crippen molar-refractivity contribution in [3.05, 3.63) is 42.2 Å². The van der Waals surface area contributed by atoms with Gasteiger partial charge in [0, 0.05) is 19.6 Å². The molecule has 8 heteroatoms. The van der Waals surface area contributed by atoms with E-state index in [1.165, 1.54) is 12.1 Å². The van der Waals surface area contributed by atoms with Gasteiger partial charge < -0.3 is 10.2 Å². The van der Waals surface area contributed by atoms with Crippen molar-refractivity contribution in [2.75, 3.05) is 19.6 Å². The monoisotopic (exact) mass is 341 g/mol. The molecule has 1 aliphatic heterocycles. The first-order valence-corrected chi connectivity index (χ1v) is 7.55. The minimum absolute atomic E-state index is 0.0531. The summed E-state index contributed by atoms with van der Waals surface area (Å²) < 4.78 is 37.9. The van der Waals surface area contributed by atoms with Crippen molar-refractivity contribution in [1.29, 1.82) is 0 Å². The molecule has 1 fully saturated rings. The number of rotatable bonds is 4. The number of alkyl halides is 3. The molecule has 2 heterocycles. The second kappa shape index (κ2) is 7.46. The van der Waals surface area contributed by atoms with Gasteiger partial charge in [-0.3, -0.25) is 9.59 Å². The van der Waals surface area contributed by atoms with Crippen molar-refractivity contribution in [3.63, 3.8) is 0 Å². The third-order valence-corrected chi connectivity index (χ3v) is 3.83. The molecule has 0 aromatic carbocycles. The molecule has 1 atom stereocenters. The molecule has 5 nitrogen and oxygen atoms in total. The number of hydrogen-bond acceptors (Lipinski definition) is 3. The van der Waals surface area contributed by atoms with Crippen LogP contribution < -0.4 is 5.32 Å². The molecular formula is C16H18F3N3O2.